The molecule has 0 unspecified atom stereocenters. The largest absolute Gasteiger partial charge is 0.309 e. The summed E-state index contributed by atoms with van der Waals surface area (Å²) in [5, 5.41) is 20.2. The van der Waals surface area contributed by atoms with Gasteiger partial charge in [0, 0.05) is 28.9 Å². The third-order valence-electron chi connectivity index (χ3n) is 15.7. The average molecular weight is 1010 g/mol. The monoisotopic (exact) mass is 1000 g/mol. The summed E-state index contributed by atoms with van der Waals surface area (Å²) in [5.74, 6) is 0. The van der Waals surface area contributed by atoms with Crippen LogP contribution in [0.2, 0.25) is 0 Å². The number of aromatic nitrogens is 1. The van der Waals surface area contributed by atoms with E-state index in [0.717, 1.165) is 22.7 Å². The molecule has 0 amide bonds. The summed E-state index contributed by atoms with van der Waals surface area (Å²) >= 11 is 0. The highest BCUT2D eigenvalue weighted by Crippen LogP contribution is 2.47. The van der Waals surface area contributed by atoms with E-state index < -0.39 is 16.1 Å². The molecular weight excluding hydrogens is 953 g/mol. The van der Waals surface area contributed by atoms with Crippen LogP contribution in [0.1, 0.15) is 0 Å². The van der Waals surface area contributed by atoms with E-state index >= 15 is 0 Å². The van der Waals surface area contributed by atoms with Gasteiger partial charge >= 0.3 is 0 Å². The van der Waals surface area contributed by atoms with E-state index in [9.17, 15) is 0 Å². The maximum atomic E-state index is 2.52. The molecule has 76 heavy (non-hydrogen) atoms. The molecule has 0 radical (unpaired) electrons. The quantitative estimate of drug-likeness (QED) is 0.0948. The van der Waals surface area contributed by atoms with Gasteiger partial charge in [-0.3, -0.25) is 0 Å². The molecule has 0 saturated heterocycles. The minimum absolute atomic E-state index is 1.08. The highest BCUT2D eigenvalue weighted by atomic mass is 28.3. The Morgan fingerprint density at radius 3 is 1.26 bits per heavy atom. The zero-order valence-electron chi connectivity index (χ0n) is 41.8. The number of para-hydroxylation sites is 1. The molecule has 0 fully saturated rings. The van der Waals surface area contributed by atoms with Crippen molar-refractivity contribution in [3.63, 3.8) is 0 Å². The van der Waals surface area contributed by atoms with Gasteiger partial charge in [-0.05, 0) is 107 Å². The second-order valence-corrected chi connectivity index (χ2v) is 27.4. The van der Waals surface area contributed by atoms with E-state index in [1.807, 2.05) is 0 Å². The zero-order valence-corrected chi connectivity index (χ0v) is 43.8. The predicted octanol–water partition coefficient (Wildman–Crippen LogP) is 11.3. The molecule has 11 aromatic carbocycles. The highest BCUT2D eigenvalue weighted by Gasteiger charge is 2.44. The maximum Gasteiger partial charge on any atom is 0.179 e. The molecule has 2 aliphatic heterocycles. The average Bonchev–Trinajstić information content (AvgIpc) is 4.11. The molecule has 12 aromatic rings. The first-order valence-corrected chi connectivity index (χ1v) is 30.2. The van der Waals surface area contributed by atoms with Crippen LogP contribution in [0.15, 0.2) is 316 Å². The van der Waals surface area contributed by atoms with Gasteiger partial charge in [-0.2, -0.15) is 5.12 Å². The highest BCUT2D eigenvalue weighted by molar-refractivity contribution is 7.20. The standard InChI is InChI=1S/C70H52N4Si2/c1-8-26-53(27-9-1)54-48-56(50-64(49-54)76(60-34-16-5-17-35-60,61-36-18-6-19-37-61)62-38-20-7-21-39-62)74-69-44-42-55(51-70(69)71-46-24-25-47-72(71)74)73-67-41-23-22-40-65(67)66-52-63(43-45-68(66)73)75(57-28-10-2-11-29-57,58-30-12-3-13-31-58)59-32-14-4-15-33-59/h1-52H. The third-order valence-corrected chi connectivity index (χ3v) is 25.3. The minimum atomic E-state index is -2.95. The second-order valence-electron chi connectivity index (χ2n) is 19.7. The van der Waals surface area contributed by atoms with Crippen molar-refractivity contribution in [3.8, 4) is 16.8 Å². The molecule has 360 valence electrons. The van der Waals surface area contributed by atoms with Crippen LogP contribution >= 0.6 is 0 Å². The molecule has 0 saturated carbocycles. The Kier molecular flexibility index (Phi) is 11.2. The number of rotatable bonds is 11. The maximum absolute atomic E-state index is 2.95. The minimum Gasteiger partial charge on any atom is -0.309 e. The Hall–Kier alpha value is -9.47. The number of allylic oxidation sites excluding steroid dienone is 2. The van der Waals surface area contributed by atoms with Gasteiger partial charge in [0.05, 0.1) is 28.1 Å². The molecule has 0 N–H and O–H groups in total. The number of fused-ring (bicyclic) bond motifs is 6. The van der Waals surface area contributed by atoms with E-state index in [2.05, 4.69) is 335 Å². The predicted molar refractivity (Wildman–Crippen MR) is 325 cm³/mol. The molecular formula is C70H52N4Si2. The Bertz CT molecular complexity index is 3920. The molecule has 0 atom stereocenters. The smallest absolute Gasteiger partial charge is 0.179 e. The van der Waals surface area contributed by atoms with Crippen LogP contribution in [0.5, 0.6) is 0 Å². The van der Waals surface area contributed by atoms with Crippen molar-refractivity contribution in [1.82, 2.24) is 9.69 Å². The fourth-order valence-corrected chi connectivity index (χ4v) is 22.1. The van der Waals surface area contributed by atoms with Crippen molar-refractivity contribution in [3.05, 3.63) is 316 Å². The fraction of sp³-hybridized carbons (Fsp3) is 0. The Morgan fingerprint density at radius 1 is 0.263 bits per heavy atom. The van der Waals surface area contributed by atoms with E-state index in [1.165, 1.54) is 74.4 Å². The molecule has 3 heterocycles. The summed E-state index contributed by atoms with van der Waals surface area (Å²) in [6.45, 7) is 0. The number of benzene rings is 11. The Labute approximate surface area is 446 Å². The summed E-state index contributed by atoms with van der Waals surface area (Å²) < 4.78 is 2.47. The van der Waals surface area contributed by atoms with E-state index in [1.54, 1.807) is 0 Å². The van der Waals surface area contributed by atoms with E-state index in [-0.39, 0.29) is 0 Å². The summed E-state index contributed by atoms with van der Waals surface area (Å²) in [5.41, 5.74) is 9.06. The summed E-state index contributed by atoms with van der Waals surface area (Å²) in [6, 6.07) is 109. The van der Waals surface area contributed by atoms with Crippen molar-refractivity contribution >= 4 is 96.5 Å². The number of hydrogen-bond donors (Lipinski definition) is 0. The van der Waals surface area contributed by atoms with Crippen LogP contribution in [0.3, 0.4) is 0 Å². The number of nitrogens with zero attached hydrogens (tertiary/aromatic N) is 4. The van der Waals surface area contributed by atoms with Crippen LogP contribution in [-0.2, 0) is 0 Å². The van der Waals surface area contributed by atoms with Crippen molar-refractivity contribution < 1.29 is 0 Å². The number of hydrogen-bond acceptors (Lipinski definition) is 3. The molecule has 6 heteroatoms. The van der Waals surface area contributed by atoms with Gasteiger partial charge in [0.2, 0.25) is 0 Å². The lowest BCUT2D eigenvalue weighted by Crippen LogP contribution is -2.74. The van der Waals surface area contributed by atoms with Crippen molar-refractivity contribution in [2.24, 2.45) is 0 Å². The van der Waals surface area contributed by atoms with E-state index in [0.29, 0.717) is 0 Å². The summed E-state index contributed by atoms with van der Waals surface area (Å²) in [4.78, 5) is 0. The zero-order chi connectivity index (χ0) is 50.5. The fourth-order valence-electron chi connectivity index (χ4n) is 12.5. The van der Waals surface area contributed by atoms with Crippen molar-refractivity contribution in [2.75, 3.05) is 10.0 Å². The van der Waals surface area contributed by atoms with Gasteiger partial charge < -0.3 is 4.57 Å². The van der Waals surface area contributed by atoms with Gasteiger partial charge in [-0.25, -0.2) is 10.0 Å². The molecule has 0 bridgehead atoms. The van der Waals surface area contributed by atoms with Gasteiger partial charge in [0.15, 0.2) is 16.1 Å². The van der Waals surface area contributed by atoms with Gasteiger partial charge in [0.25, 0.3) is 0 Å². The summed E-state index contributed by atoms with van der Waals surface area (Å²) in [7, 11) is -5.73. The van der Waals surface area contributed by atoms with Crippen LogP contribution in [0.4, 0.5) is 17.1 Å². The molecule has 14 rings (SSSR count). The lowest BCUT2D eigenvalue weighted by Gasteiger charge is -2.37. The molecule has 0 aliphatic carbocycles. The molecule has 0 spiro atoms. The van der Waals surface area contributed by atoms with Crippen molar-refractivity contribution in [1.29, 1.82) is 0 Å². The van der Waals surface area contributed by atoms with E-state index in [4.69, 9.17) is 0 Å². The van der Waals surface area contributed by atoms with Crippen LogP contribution in [0.25, 0.3) is 38.6 Å². The van der Waals surface area contributed by atoms with Gasteiger partial charge in [-0.15, -0.1) is 0 Å². The Morgan fingerprint density at radius 2 is 0.724 bits per heavy atom. The topological polar surface area (TPSA) is 14.7 Å². The van der Waals surface area contributed by atoms with Gasteiger partial charge in [0.1, 0.15) is 0 Å². The molecule has 2 aliphatic rings. The van der Waals surface area contributed by atoms with Crippen LogP contribution < -0.4 is 51.5 Å². The third kappa shape index (κ3) is 7.18. The first-order valence-electron chi connectivity index (χ1n) is 26.2. The van der Waals surface area contributed by atoms with Crippen LogP contribution in [0, 0.1) is 0 Å². The number of anilines is 3. The van der Waals surface area contributed by atoms with Gasteiger partial charge in [-0.1, -0.05) is 249 Å². The second kappa shape index (κ2) is 18.8. The van der Waals surface area contributed by atoms with Crippen LogP contribution in [-0.4, -0.2) is 25.8 Å². The normalized spacial score (nSPS) is 13.1. The lowest BCUT2D eigenvalue weighted by molar-refractivity contribution is 0.408. The SMILES string of the molecule is C1=CN2c3cc(-n4c5ccccc5c5cc([Si](c6ccccc6)(c6ccccc6)c6ccccc6)ccc54)ccc3N(c3cc(-c4ccccc4)cc([Si](c4ccccc4)(c4ccccc4)c4ccccc4)c3)N2C=C1. The first kappa shape index (κ1) is 45.2. The Balaban J connectivity index is 0.970. The lowest BCUT2D eigenvalue weighted by atomic mass is 10.0. The number of hydrazine groups is 2. The molecule has 4 nitrogen and oxygen atoms in total. The summed E-state index contributed by atoms with van der Waals surface area (Å²) in [6.07, 6.45) is 8.62. The van der Waals surface area contributed by atoms with Crippen molar-refractivity contribution in [2.45, 2.75) is 0 Å². The molecule has 1 aromatic heterocycles. The first-order chi connectivity index (χ1) is 37.7.